The van der Waals surface area contributed by atoms with Gasteiger partial charge in [-0.3, -0.25) is 9.59 Å². The second kappa shape index (κ2) is 3.73. The highest BCUT2D eigenvalue weighted by Gasteiger charge is 2.76. The van der Waals surface area contributed by atoms with E-state index in [1.54, 1.807) is 0 Å². The number of carboxylic acids is 2. The minimum Gasteiger partial charge on any atom is -0.481 e. The average Bonchev–Trinajstić information content (AvgIpc) is 3.11. The molecule has 2 unspecified atom stereocenters. The van der Waals surface area contributed by atoms with E-state index in [1.807, 2.05) is 48.5 Å². The molecule has 0 aliphatic heterocycles. The van der Waals surface area contributed by atoms with Gasteiger partial charge in [-0.25, -0.2) is 0 Å². The maximum Gasteiger partial charge on any atom is 0.308 e. The van der Waals surface area contributed by atoms with Crippen LogP contribution in [0.2, 0.25) is 0 Å². The summed E-state index contributed by atoms with van der Waals surface area (Å²) in [5.41, 5.74) is 2.63. The number of fused-ring (bicyclic) bond motifs is 5. The van der Waals surface area contributed by atoms with Crippen molar-refractivity contribution in [3.63, 3.8) is 0 Å². The maximum absolute atomic E-state index is 11.6. The van der Waals surface area contributed by atoms with E-state index in [2.05, 4.69) is 0 Å². The normalized spacial score (nSPS) is 23.4. The molecule has 21 heavy (non-hydrogen) atoms. The lowest BCUT2D eigenvalue weighted by atomic mass is 9.89. The van der Waals surface area contributed by atoms with Gasteiger partial charge in [0, 0.05) is 5.41 Å². The standard InChI is InChI=1S/C17H12O4/c18-15(19)13-14(16(20)21)17(13)11-7-3-1-5-9(11)10-6-2-4-8-12(10)17/h1-8,13-14H,(H,18,19)(H,20,21). The molecular weight excluding hydrogens is 268 g/mol. The van der Waals surface area contributed by atoms with Crippen molar-refractivity contribution in [1.29, 1.82) is 0 Å². The Bertz CT molecular complexity index is 725. The summed E-state index contributed by atoms with van der Waals surface area (Å²) in [7, 11) is 0. The Morgan fingerprint density at radius 2 is 1.14 bits per heavy atom. The molecule has 2 aliphatic rings. The number of hydrogen-bond donors (Lipinski definition) is 2. The van der Waals surface area contributed by atoms with Crippen LogP contribution >= 0.6 is 0 Å². The Kier molecular flexibility index (Phi) is 2.15. The van der Waals surface area contributed by atoms with Crippen LogP contribution in [-0.2, 0) is 15.0 Å². The van der Waals surface area contributed by atoms with Crippen molar-refractivity contribution in [2.75, 3.05) is 0 Å². The van der Waals surface area contributed by atoms with Crippen molar-refractivity contribution >= 4 is 11.9 Å². The van der Waals surface area contributed by atoms with Crippen LogP contribution in [0, 0.1) is 11.8 Å². The molecule has 2 aromatic carbocycles. The summed E-state index contributed by atoms with van der Waals surface area (Å²) in [6.45, 7) is 0. The van der Waals surface area contributed by atoms with Crippen LogP contribution in [0.5, 0.6) is 0 Å². The fourth-order valence-electron chi connectivity index (χ4n) is 4.04. The van der Waals surface area contributed by atoms with Gasteiger partial charge in [0.15, 0.2) is 0 Å². The molecule has 0 aromatic heterocycles. The van der Waals surface area contributed by atoms with E-state index in [-0.39, 0.29) is 0 Å². The minimum atomic E-state index is -1.05. The summed E-state index contributed by atoms with van der Waals surface area (Å²) >= 11 is 0. The molecule has 2 atom stereocenters. The van der Waals surface area contributed by atoms with Gasteiger partial charge >= 0.3 is 11.9 Å². The van der Waals surface area contributed by atoms with Gasteiger partial charge in [0.1, 0.15) is 0 Å². The highest BCUT2D eigenvalue weighted by Crippen LogP contribution is 2.70. The van der Waals surface area contributed by atoms with Gasteiger partial charge in [-0.2, -0.15) is 0 Å². The van der Waals surface area contributed by atoms with E-state index in [1.165, 1.54) is 0 Å². The fourth-order valence-corrected chi connectivity index (χ4v) is 4.04. The smallest absolute Gasteiger partial charge is 0.308 e. The maximum atomic E-state index is 11.6. The Hall–Kier alpha value is -2.62. The van der Waals surface area contributed by atoms with E-state index in [9.17, 15) is 19.8 Å². The molecule has 2 aromatic rings. The van der Waals surface area contributed by atoms with Crippen molar-refractivity contribution in [3.8, 4) is 11.1 Å². The van der Waals surface area contributed by atoms with E-state index in [0.29, 0.717) is 0 Å². The molecular formula is C17H12O4. The summed E-state index contributed by atoms with van der Waals surface area (Å²) in [6, 6.07) is 15.0. The summed E-state index contributed by atoms with van der Waals surface area (Å²) in [5, 5.41) is 19.0. The summed E-state index contributed by atoms with van der Waals surface area (Å²) < 4.78 is 0. The van der Waals surface area contributed by atoms with Crippen molar-refractivity contribution in [3.05, 3.63) is 59.7 Å². The first kappa shape index (κ1) is 12.1. The zero-order valence-corrected chi connectivity index (χ0v) is 11.0. The van der Waals surface area contributed by atoms with Crippen LogP contribution in [0.4, 0.5) is 0 Å². The van der Waals surface area contributed by atoms with Crippen LogP contribution in [0.15, 0.2) is 48.5 Å². The molecule has 0 bridgehead atoms. The Labute approximate surface area is 120 Å². The Balaban J connectivity index is 2.06. The van der Waals surface area contributed by atoms with Crippen LogP contribution < -0.4 is 0 Å². The fraction of sp³-hybridized carbons (Fsp3) is 0.176. The van der Waals surface area contributed by atoms with Crippen LogP contribution in [0.3, 0.4) is 0 Å². The van der Waals surface area contributed by atoms with Gasteiger partial charge < -0.3 is 10.2 Å². The van der Waals surface area contributed by atoms with Crippen LogP contribution in [0.1, 0.15) is 11.1 Å². The number of aliphatic carboxylic acids is 2. The Morgan fingerprint density at radius 3 is 1.52 bits per heavy atom. The quantitative estimate of drug-likeness (QED) is 0.885. The third-order valence-corrected chi connectivity index (χ3v) is 4.77. The molecule has 1 fully saturated rings. The molecule has 0 heterocycles. The highest BCUT2D eigenvalue weighted by molar-refractivity contribution is 5.98. The lowest BCUT2D eigenvalue weighted by molar-refractivity contribution is -0.144. The van der Waals surface area contributed by atoms with E-state index < -0.39 is 29.2 Å². The van der Waals surface area contributed by atoms with Gasteiger partial charge in [0.25, 0.3) is 0 Å². The van der Waals surface area contributed by atoms with Gasteiger partial charge in [-0.15, -0.1) is 0 Å². The van der Waals surface area contributed by atoms with Crippen LogP contribution in [0.25, 0.3) is 11.1 Å². The van der Waals surface area contributed by atoms with E-state index in [0.717, 1.165) is 22.3 Å². The van der Waals surface area contributed by atoms with E-state index >= 15 is 0 Å². The van der Waals surface area contributed by atoms with E-state index in [4.69, 9.17) is 0 Å². The minimum absolute atomic E-state index is 0.825. The third-order valence-electron chi connectivity index (χ3n) is 4.77. The third kappa shape index (κ3) is 1.25. The zero-order chi connectivity index (χ0) is 14.8. The van der Waals surface area contributed by atoms with Crippen LogP contribution in [-0.4, -0.2) is 22.2 Å². The zero-order valence-electron chi connectivity index (χ0n) is 11.0. The summed E-state index contributed by atoms with van der Waals surface area (Å²) in [6.07, 6.45) is 0. The molecule has 1 saturated carbocycles. The van der Waals surface area contributed by atoms with Crippen molar-refractivity contribution < 1.29 is 19.8 Å². The number of carbonyl (C=O) groups is 2. The molecule has 2 N–H and O–H groups in total. The SMILES string of the molecule is O=C(O)C1C(C(=O)O)C12c1ccccc1-c1ccccc12. The molecule has 4 nitrogen and oxygen atoms in total. The first-order valence-electron chi connectivity index (χ1n) is 6.75. The van der Waals surface area contributed by atoms with Crippen molar-refractivity contribution in [1.82, 2.24) is 0 Å². The Morgan fingerprint density at radius 1 is 0.762 bits per heavy atom. The first-order chi connectivity index (χ1) is 10.1. The van der Waals surface area contributed by atoms with Gasteiger partial charge in [-0.05, 0) is 22.3 Å². The second-order valence-electron chi connectivity index (χ2n) is 5.59. The number of carboxylic acid groups (broad SMARTS) is 2. The monoisotopic (exact) mass is 280 g/mol. The predicted molar refractivity (Wildman–Crippen MR) is 74.9 cm³/mol. The topological polar surface area (TPSA) is 74.6 Å². The number of rotatable bonds is 2. The molecule has 4 rings (SSSR count). The van der Waals surface area contributed by atoms with Gasteiger partial charge in [0.2, 0.25) is 0 Å². The van der Waals surface area contributed by atoms with Crippen molar-refractivity contribution in [2.45, 2.75) is 5.41 Å². The summed E-state index contributed by atoms with van der Waals surface area (Å²) in [4.78, 5) is 23.2. The van der Waals surface area contributed by atoms with Gasteiger partial charge in [0.05, 0.1) is 11.8 Å². The molecule has 0 saturated heterocycles. The largest absolute Gasteiger partial charge is 0.481 e. The second-order valence-corrected chi connectivity index (χ2v) is 5.59. The van der Waals surface area contributed by atoms with Crippen molar-refractivity contribution in [2.24, 2.45) is 11.8 Å². The molecule has 104 valence electrons. The number of benzene rings is 2. The molecule has 0 amide bonds. The lowest BCUT2D eigenvalue weighted by Gasteiger charge is -2.12. The lowest BCUT2D eigenvalue weighted by Crippen LogP contribution is -2.15. The highest BCUT2D eigenvalue weighted by atomic mass is 16.4. The molecule has 4 heteroatoms. The molecule has 2 aliphatic carbocycles. The van der Waals surface area contributed by atoms with Gasteiger partial charge in [-0.1, -0.05) is 48.5 Å². The predicted octanol–water partition coefficient (Wildman–Crippen LogP) is 2.37. The first-order valence-corrected chi connectivity index (χ1v) is 6.75. The molecule has 0 radical (unpaired) electrons. The summed E-state index contributed by atoms with van der Waals surface area (Å²) in [5.74, 6) is -3.90. The average molecular weight is 280 g/mol. The molecule has 1 spiro atoms. The number of hydrogen-bond acceptors (Lipinski definition) is 2.